The number of aryl methyl sites for hydroxylation is 1. The van der Waals surface area contributed by atoms with Crippen LogP contribution in [0.4, 0.5) is 0 Å². The quantitative estimate of drug-likeness (QED) is 0.156. The minimum atomic E-state index is -0.106. The van der Waals surface area contributed by atoms with Crippen molar-refractivity contribution < 1.29 is 0 Å². The van der Waals surface area contributed by atoms with Crippen LogP contribution < -0.4 is 10.9 Å². The Balaban J connectivity index is 1.30. The molecule has 0 aliphatic carbocycles. The first-order valence-corrected chi connectivity index (χ1v) is 25.5. The topological polar surface area (TPSA) is 9.86 Å². The van der Waals surface area contributed by atoms with E-state index >= 15 is 0 Å². The summed E-state index contributed by atoms with van der Waals surface area (Å²) in [5, 5.41) is 3.94. The average molecular weight is 909 g/mol. The predicted octanol–water partition coefficient (Wildman–Crippen LogP) is 16.9. The highest BCUT2D eigenvalue weighted by molar-refractivity contribution is 6.90. The summed E-state index contributed by atoms with van der Waals surface area (Å²) in [5.74, 6) is 0. The largest absolute Gasteiger partial charge is 0.375 e. The van der Waals surface area contributed by atoms with E-state index < -0.39 is 0 Å². The van der Waals surface area contributed by atoms with E-state index in [-0.39, 0.29) is 28.5 Å². The second kappa shape index (κ2) is 15.1. The van der Waals surface area contributed by atoms with Crippen LogP contribution in [0.25, 0.3) is 94.2 Å². The standard InChI is InChI=1S/C67H65BN2/c1-40-19-17-18-22-50(40)59-55-35-44(41-23-27-46(28-24-41)64(2,3)4)34-53-52-33-45(42-25-29-47(30-26-42)65(5,6)7)36-58-60(52)68(70(62(53)55)61(59)43-20-15-14-16-21-43)56-39-49(67(11,12)13)38-54-51-37-48(66(8,9)10)31-32-57(51)69(58)63(54)56/h14-39H,1-13H3. The molecule has 2 aliphatic heterocycles. The molecule has 4 heterocycles. The van der Waals surface area contributed by atoms with Crippen LogP contribution in [0.1, 0.15) is 111 Å². The van der Waals surface area contributed by atoms with E-state index in [0.717, 1.165) is 0 Å². The normalized spacial score (nSPS) is 13.5. The van der Waals surface area contributed by atoms with Crippen LogP contribution in [-0.2, 0) is 21.7 Å². The molecule has 0 fully saturated rings. The Morgan fingerprint density at radius 1 is 0.386 bits per heavy atom. The molecule has 0 bridgehead atoms. The number of hydrogen-bond donors (Lipinski definition) is 0. The Labute approximate surface area is 416 Å². The molecule has 0 radical (unpaired) electrons. The lowest BCUT2D eigenvalue weighted by molar-refractivity contribution is 0.590. The molecule has 3 heteroatoms. The summed E-state index contributed by atoms with van der Waals surface area (Å²) in [6, 6.07) is 61.6. The fraction of sp³-hybridized carbons (Fsp3) is 0.254. The number of hydrogen-bond acceptors (Lipinski definition) is 0. The molecule has 70 heavy (non-hydrogen) atoms. The maximum Gasteiger partial charge on any atom is 0.333 e. The molecular weight excluding hydrogens is 844 g/mol. The van der Waals surface area contributed by atoms with E-state index in [1.165, 1.54) is 133 Å². The van der Waals surface area contributed by atoms with Crippen LogP contribution in [0, 0.1) is 6.92 Å². The van der Waals surface area contributed by atoms with Gasteiger partial charge >= 0.3 is 6.85 Å². The molecular formula is C67H65BN2. The molecule has 2 nitrogen and oxygen atoms in total. The lowest BCUT2D eigenvalue weighted by Crippen LogP contribution is -2.55. The fourth-order valence-electron chi connectivity index (χ4n) is 11.9. The predicted molar refractivity (Wildman–Crippen MR) is 303 cm³/mol. The lowest BCUT2D eigenvalue weighted by Gasteiger charge is -2.36. The molecule has 0 atom stereocenters. The first-order valence-electron chi connectivity index (χ1n) is 25.5. The van der Waals surface area contributed by atoms with Crippen molar-refractivity contribution in [1.82, 2.24) is 9.05 Å². The van der Waals surface area contributed by atoms with Gasteiger partial charge in [0, 0.05) is 44.2 Å². The highest BCUT2D eigenvalue weighted by Gasteiger charge is 2.44. The van der Waals surface area contributed by atoms with Crippen molar-refractivity contribution in [2.75, 3.05) is 0 Å². The average Bonchev–Trinajstić information content (AvgIpc) is 3.84. The number of fused-ring (bicyclic) bond motifs is 7. The Morgan fingerprint density at radius 3 is 1.53 bits per heavy atom. The van der Waals surface area contributed by atoms with Gasteiger partial charge in [-0.3, -0.25) is 0 Å². The molecule has 0 saturated heterocycles. The summed E-state index contributed by atoms with van der Waals surface area (Å²) in [7, 11) is 0. The molecule has 0 N–H and O–H groups in total. The van der Waals surface area contributed by atoms with Gasteiger partial charge in [0.15, 0.2) is 0 Å². The third kappa shape index (κ3) is 6.75. The summed E-state index contributed by atoms with van der Waals surface area (Å²) in [4.78, 5) is 0. The highest BCUT2D eigenvalue weighted by atomic mass is 15.0. The third-order valence-electron chi connectivity index (χ3n) is 15.9. The summed E-state index contributed by atoms with van der Waals surface area (Å²) in [6.45, 7) is 30.2. The molecule has 0 unspecified atom stereocenters. The smallest absolute Gasteiger partial charge is 0.333 e. The number of benzene rings is 8. The molecule has 10 aromatic rings. The maximum atomic E-state index is 2.79. The van der Waals surface area contributed by atoms with Gasteiger partial charge in [-0.25, -0.2) is 0 Å². The van der Waals surface area contributed by atoms with Gasteiger partial charge in [0.05, 0.1) is 11.0 Å². The molecule has 2 aliphatic rings. The monoisotopic (exact) mass is 909 g/mol. The van der Waals surface area contributed by atoms with E-state index in [9.17, 15) is 0 Å². The van der Waals surface area contributed by atoms with E-state index in [1.807, 2.05) is 0 Å². The Kier molecular flexibility index (Phi) is 9.56. The second-order valence-electron chi connectivity index (χ2n) is 24.7. The maximum absolute atomic E-state index is 2.79. The minimum Gasteiger partial charge on any atom is -0.375 e. The van der Waals surface area contributed by atoms with Crippen LogP contribution in [0.3, 0.4) is 0 Å². The summed E-state index contributed by atoms with van der Waals surface area (Å²) in [6.07, 6.45) is 0. The zero-order valence-electron chi connectivity index (χ0n) is 43.5. The van der Waals surface area contributed by atoms with Gasteiger partial charge in [-0.2, -0.15) is 0 Å². The van der Waals surface area contributed by atoms with Gasteiger partial charge < -0.3 is 9.05 Å². The van der Waals surface area contributed by atoms with Crippen LogP contribution in [0.15, 0.2) is 158 Å². The molecule has 0 amide bonds. The van der Waals surface area contributed by atoms with Gasteiger partial charge in [0.1, 0.15) is 0 Å². The summed E-state index contributed by atoms with van der Waals surface area (Å²) in [5.41, 5.74) is 27.1. The van der Waals surface area contributed by atoms with Crippen molar-refractivity contribution >= 4 is 50.5 Å². The van der Waals surface area contributed by atoms with E-state index in [4.69, 9.17) is 0 Å². The lowest BCUT2D eigenvalue weighted by atomic mass is 9.45. The van der Waals surface area contributed by atoms with Gasteiger partial charge in [0.25, 0.3) is 0 Å². The van der Waals surface area contributed by atoms with Crippen molar-refractivity contribution in [3.05, 3.63) is 186 Å². The Hall–Kier alpha value is -6.84. The molecule has 346 valence electrons. The van der Waals surface area contributed by atoms with Crippen LogP contribution in [-0.4, -0.2) is 15.9 Å². The van der Waals surface area contributed by atoms with Gasteiger partial charge in [-0.1, -0.05) is 198 Å². The number of aromatic nitrogens is 2. The summed E-state index contributed by atoms with van der Waals surface area (Å²) < 4.78 is 5.45. The van der Waals surface area contributed by atoms with Gasteiger partial charge in [0.2, 0.25) is 0 Å². The first-order chi connectivity index (χ1) is 33.2. The SMILES string of the molecule is Cc1ccccc1-c1c(-c2ccccc2)n2c3c(cc(-c4ccc(C(C)(C)C)cc4)cc13)-c1cc(-c3ccc(C(C)(C)C)cc3)cc3c1B2c1cc(C(C)(C)C)cc2c4cc(C(C)(C)C)ccc4n-3c12. The highest BCUT2D eigenvalue weighted by Crippen LogP contribution is 2.51. The fourth-order valence-corrected chi connectivity index (χ4v) is 11.9. The zero-order valence-corrected chi connectivity index (χ0v) is 43.5. The van der Waals surface area contributed by atoms with Crippen molar-refractivity contribution in [1.29, 1.82) is 0 Å². The van der Waals surface area contributed by atoms with Gasteiger partial charge in [-0.15, -0.1) is 0 Å². The molecule has 0 saturated carbocycles. The molecule has 12 rings (SSSR count). The first kappa shape index (κ1) is 44.4. The van der Waals surface area contributed by atoms with Crippen LogP contribution in [0.2, 0.25) is 0 Å². The molecule has 2 aromatic heterocycles. The Morgan fingerprint density at radius 2 is 0.929 bits per heavy atom. The van der Waals surface area contributed by atoms with Crippen molar-refractivity contribution in [2.45, 2.75) is 112 Å². The van der Waals surface area contributed by atoms with E-state index in [0.29, 0.717) is 0 Å². The number of nitrogens with zero attached hydrogens (tertiary/aromatic N) is 2. The van der Waals surface area contributed by atoms with Crippen molar-refractivity contribution in [2.24, 2.45) is 0 Å². The van der Waals surface area contributed by atoms with E-state index in [1.54, 1.807) is 0 Å². The van der Waals surface area contributed by atoms with Gasteiger partial charge in [-0.05, 0) is 149 Å². The second-order valence-corrected chi connectivity index (χ2v) is 24.7. The minimum absolute atomic E-state index is 0.00407. The van der Waals surface area contributed by atoms with Crippen LogP contribution >= 0.6 is 0 Å². The number of rotatable bonds is 4. The van der Waals surface area contributed by atoms with Crippen LogP contribution in [0.5, 0.6) is 0 Å². The molecule has 0 spiro atoms. The van der Waals surface area contributed by atoms with Crippen molar-refractivity contribution in [3.63, 3.8) is 0 Å². The van der Waals surface area contributed by atoms with Crippen molar-refractivity contribution in [3.8, 4) is 61.5 Å². The molecule has 8 aromatic carbocycles. The zero-order chi connectivity index (χ0) is 49.0. The van der Waals surface area contributed by atoms with E-state index in [2.05, 4.69) is 257 Å². The third-order valence-corrected chi connectivity index (χ3v) is 15.9. The Bertz CT molecular complexity index is 3770. The summed E-state index contributed by atoms with van der Waals surface area (Å²) >= 11 is 0.